The maximum atomic E-state index is 10.9. The van der Waals surface area contributed by atoms with Crippen LogP contribution in [0.5, 0.6) is 0 Å². The zero-order valence-corrected chi connectivity index (χ0v) is 9.99. The molecule has 0 saturated carbocycles. The normalized spacial score (nSPS) is 31.7. The van der Waals surface area contributed by atoms with E-state index in [0.717, 1.165) is 0 Å². The van der Waals surface area contributed by atoms with Gasteiger partial charge in [-0.3, -0.25) is 9.11 Å². The van der Waals surface area contributed by atoms with Crippen LogP contribution >= 0.6 is 0 Å². The van der Waals surface area contributed by atoms with E-state index in [1.807, 2.05) is 0 Å². The van der Waals surface area contributed by atoms with Crippen molar-refractivity contribution >= 4 is 20.2 Å². The van der Waals surface area contributed by atoms with E-state index in [9.17, 15) is 16.8 Å². The molecule has 1 aliphatic heterocycles. The Morgan fingerprint density at radius 2 is 1.20 bits per heavy atom. The van der Waals surface area contributed by atoms with Gasteiger partial charge in [0.05, 0.1) is 27.2 Å². The van der Waals surface area contributed by atoms with Crippen LogP contribution in [0.15, 0.2) is 0 Å². The van der Waals surface area contributed by atoms with Crippen LogP contribution in [0.2, 0.25) is 0 Å². The van der Waals surface area contributed by atoms with E-state index < -0.39 is 30.7 Å². The average Bonchev–Trinajstić information content (AvgIpc) is 2.23. The van der Waals surface area contributed by atoms with Gasteiger partial charge in [0.25, 0.3) is 20.2 Å². The molecular weight excluding hydrogens is 246 g/mol. The minimum atomic E-state index is -4.46. The largest absolute Gasteiger partial charge is 0.326 e. The molecule has 1 saturated heterocycles. The molecule has 0 bridgehead atoms. The number of rotatable bonds is 2. The van der Waals surface area contributed by atoms with Gasteiger partial charge in [0, 0.05) is 0 Å². The van der Waals surface area contributed by atoms with Crippen LogP contribution in [0.25, 0.3) is 0 Å². The zero-order chi connectivity index (χ0) is 12.1. The lowest BCUT2D eigenvalue weighted by atomic mass is 10.4. The van der Waals surface area contributed by atoms with Gasteiger partial charge in [-0.05, 0) is 0 Å². The van der Waals surface area contributed by atoms with Crippen LogP contribution < -0.4 is 0 Å². The van der Waals surface area contributed by atoms with Crippen molar-refractivity contribution in [1.82, 2.24) is 0 Å². The summed E-state index contributed by atoms with van der Waals surface area (Å²) in [4.78, 5) is 0. The molecule has 9 heteroatoms. The van der Waals surface area contributed by atoms with Crippen molar-refractivity contribution in [1.29, 1.82) is 0 Å². The van der Waals surface area contributed by atoms with Gasteiger partial charge in [0.2, 0.25) is 0 Å². The van der Waals surface area contributed by atoms with Gasteiger partial charge in [-0.2, -0.15) is 16.8 Å². The second-order valence-electron chi connectivity index (χ2n) is 4.41. The van der Waals surface area contributed by atoms with E-state index in [-0.39, 0.29) is 17.6 Å². The highest BCUT2D eigenvalue weighted by Crippen LogP contribution is 2.25. The van der Waals surface area contributed by atoms with E-state index in [0.29, 0.717) is 0 Å². The third-order valence-corrected chi connectivity index (χ3v) is 5.19. The Labute approximate surface area is 88.8 Å². The maximum Gasteiger partial charge on any atom is 0.275 e. The third kappa shape index (κ3) is 2.88. The Morgan fingerprint density at radius 3 is 1.40 bits per heavy atom. The minimum absolute atomic E-state index is 0.0384. The molecule has 7 nitrogen and oxygen atoms in total. The maximum absolute atomic E-state index is 10.9. The van der Waals surface area contributed by atoms with Crippen molar-refractivity contribution < 1.29 is 30.4 Å². The van der Waals surface area contributed by atoms with E-state index in [1.54, 1.807) is 14.1 Å². The van der Waals surface area contributed by atoms with Gasteiger partial charge < -0.3 is 4.48 Å². The van der Waals surface area contributed by atoms with Crippen LogP contribution in [0, 0.1) is 0 Å². The highest BCUT2D eigenvalue weighted by Gasteiger charge is 2.52. The summed E-state index contributed by atoms with van der Waals surface area (Å²) >= 11 is 0. The number of nitrogens with zero attached hydrogens (tertiary/aromatic N) is 1. The third-order valence-electron chi connectivity index (χ3n) is 2.53. The molecule has 2 atom stereocenters. The first-order valence-electron chi connectivity index (χ1n) is 4.18. The molecule has 0 aromatic carbocycles. The van der Waals surface area contributed by atoms with Crippen molar-refractivity contribution in [2.45, 2.75) is 10.5 Å². The molecule has 2 N–H and O–H groups in total. The molecule has 90 valence electrons. The predicted molar refractivity (Wildman–Crippen MR) is 52.5 cm³/mol. The fraction of sp³-hybridized carbons (Fsp3) is 1.00. The van der Waals surface area contributed by atoms with Crippen LogP contribution in [0.1, 0.15) is 0 Å². The topological polar surface area (TPSA) is 109 Å². The molecule has 0 radical (unpaired) electrons. The first kappa shape index (κ1) is 12.8. The molecule has 15 heavy (non-hydrogen) atoms. The lowest BCUT2D eigenvalue weighted by Gasteiger charge is -2.22. The number of hydrogen-bond acceptors (Lipinski definition) is 4. The highest BCUT2D eigenvalue weighted by molar-refractivity contribution is 7.90. The van der Waals surface area contributed by atoms with Gasteiger partial charge in [0.1, 0.15) is 0 Å². The lowest BCUT2D eigenvalue weighted by molar-refractivity contribution is -0.877. The molecule has 0 amide bonds. The quantitative estimate of drug-likeness (QED) is 0.466. The van der Waals surface area contributed by atoms with E-state index in [2.05, 4.69) is 0 Å². The number of hydrogen-bond donors (Lipinski definition) is 2. The molecule has 0 aromatic rings. The molecule has 1 heterocycles. The zero-order valence-electron chi connectivity index (χ0n) is 8.36. The number of likely N-dealkylation sites (tertiary alicyclic amines) is 1. The van der Waals surface area contributed by atoms with Crippen LogP contribution in [0.3, 0.4) is 0 Å². The van der Waals surface area contributed by atoms with E-state index >= 15 is 0 Å². The Kier molecular flexibility index (Phi) is 2.90. The molecule has 1 rings (SSSR count). The summed E-state index contributed by atoms with van der Waals surface area (Å²) in [5, 5.41) is -2.91. The molecular formula is C6H14NO6S2+. The summed E-state index contributed by atoms with van der Waals surface area (Å²) in [7, 11) is -5.66. The molecule has 0 aliphatic carbocycles. The average molecular weight is 260 g/mol. The second-order valence-corrected chi connectivity index (χ2v) is 7.68. The first-order valence-corrected chi connectivity index (χ1v) is 7.19. The van der Waals surface area contributed by atoms with Crippen molar-refractivity contribution in [3.63, 3.8) is 0 Å². The van der Waals surface area contributed by atoms with Gasteiger partial charge in [-0.1, -0.05) is 0 Å². The summed E-state index contributed by atoms with van der Waals surface area (Å²) in [6, 6.07) is 0. The second kappa shape index (κ2) is 3.39. The Morgan fingerprint density at radius 1 is 0.933 bits per heavy atom. The monoisotopic (exact) mass is 260 g/mol. The van der Waals surface area contributed by atoms with Gasteiger partial charge >= 0.3 is 0 Å². The first-order chi connectivity index (χ1) is 6.43. The fourth-order valence-electron chi connectivity index (χ4n) is 1.86. The smallest absolute Gasteiger partial charge is 0.275 e. The fourth-order valence-corrected chi connectivity index (χ4v) is 4.82. The minimum Gasteiger partial charge on any atom is -0.326 e. The van der Waals surface area contributed by atoms with Crippen LogP contribution in [-0.4, -0.2) is 68.1 Å². The van der Waals surface area contributed by atoms with Gasteiger partial charge in [-0.25, -0.2) is 0 Å². The summed E-state index contributed by atoms with van der Waals surface area (Å²) in [6.45, 7) is -0.0768. The summed E-state index contributed by atoms with van der Waals surface area (Å²) in [5.41, 5.74) is 0. The molecule has 1 fully saturated rings. The summed E-state index contributed by atoms with van der Waals surface area (Å²) < 4.78 is 61.7. The predicted octanol–water partition coefficient (Wildman–Crippen LogP) is -1.41. The van der Waals surface area contributed by atoms with E-state index in [1.165, 1.54) is 0 Å². The standard InChI is InChI=1S/C6H13NO6S2/c1-7(2)3-5(14(8,9)10)6(4-7)15(11,12)13/h5-6H,3-4H2,1-2H3,(H-,8,9,10,11,12,13)/p+1. The summed E-state index contributed by atoms with van der Waals surface area (Å²) in [5.74, 6) is 0. The highest BCUT2D eigenvalue weighted by atomic mass is 32.2. The Balaban J connectivity index is 3.17. The molecule has 2 unspecified atom stereocenters. The SMILES string of the molecule is C[N+]1(C)CC(S(=O)(=O)O)C(S(=O)(=O)O)C1. The summed E-state index contributed by atoms with van der Waals surface area (Å²) in [6.07, 6.45) is 0. The van der Waals surface area contributed by atoms with Crippen LogP contribution in [0.4, 0.5) is 0 Å². The Hall–Kier alpha value is -0.220. The van der Waals surface area contributed by atoms with Crippen LogP contribution in [-0.2, 0) is 20.2 Å². The Bertz CT molecular complexity index is 408. The number of quaternary nitrogens is 1. The van der Waals surface area contributed by atoms with Crippen molar-refractivity contribution in [3.05, 3.63) is 0 Å². The molecule has 1 aliphatic rings. The van der Waals surface area contributed by atoms with E-state index in [4.69, 9.17) is 9.11 Å². The van der Waals surface area contributed by atoms with Crippen molar-refractivity contribution in [2.75, 3.05) is 27.2 Å². The lowest BCUT2D eigenvalue weighted by Crippen LogP contribution is -2.38. The van der Waals surface area contributed by atoms with Crippen molar-refractivity contribution in [3.8, 4) is 0 Å². The van der Waals surface area contributed by atoms with Crippen molar-refractivity contribution in [2.24, 2.45) is 0 Å². The molecule has 0 aromatic heterocycles. The molecule has 0 spiro atoms. The van der Waals surface area contributed by atoms with Gasteiger partial charge in [-0.15, -0.1) is 0 Å². The van der Waals surface area contributed by atoms with Gasteiger partial charge in [0.15, 0.2) is 10.5 Å².